The first-order valence-corrected chi connectivity index (χ1v) is 8.96. The number of nitrogens with zero attached hydrogens (tertiary/aromatic N) is 1. The van der Waals surface area contributed by atoms with Gasteiger partial charge in [-0.05, 0) is 36.4 Å². The maximum atomic E-state index is 12.9. The maximum Gasteiger partial charge on any atom is 0.416 e. The van der Waals surface area contributed by atoms with E-state index in [2.05, 4.69) is 0 Å². The number of ether oxygens (including phenoxy) is 2. The predicted molar refractivity (Wildman–Crippen MR) is 104 cm³/mol. The summed E-state index contributed by atoms with van der Waals surface area (Å²) in [4.78, 5) is 14.2. The molecule has 0 atom stereocenters. The summed E-state index contributed by atoms with van der Waals surface area (Å²) in [7, 11) is 4.66. The fraction of sp³-hybridized carbons (Fsp3) is 0.227. The molecule has 3 rings (SSSR count). The molecule has 0 aliphatic carbocycles. The zero-order valence-electron chi connectivity index (χ0n) is 16.6. The molecule has 0 unspecified atom stereocenters. The van der Waals surface area contributed by atoms with Crippen LogP contribution in [-0.4, -0.2) is 32.1 Å². The molecule has 5 nitrogen and oxygen atoms in total. The molecular formula is C22H20F3NO4. The van der Waals surface area contributed by atoms with Gasteiger partial charge in [-0.1, -0.05) is 12.1 Å². The Kier molecular flexibility index (Phi) is 6.05. The summed E-state index contributed by atoms with van der Waals surface area (Å²) in [6.07, 6.45) is -4.46. The number of hydrogen-bond acceptors (Lipinski definition) is 4. The average molecular weight is 419 g/mol. The van der Waals surface area contributed by atoms with E-state index in [0.717, 1.165) is 17.7 Å². The molecule has 0 bridgehead atoms. The molecule has 1 aromatic heterocycles. The van der Waals surface area contributed by atoms with Crippen molar-refractivity contribution in [3.63, 3.8) is 0 Å². The van der Waals surface area contributed by atoms with Gasteiger partial charge in [0.25, 0.3) is 5.91 Å². The summed E-state index contributed by atoms with van der Waals surface area (Å²) in [5, 5.41) is 0. The van der Waals surface area contributed by atoms with Crippen LogP contribution >= 0.6 is 0 Å². The first-order chi connectivity index (χ1) is 14.2. The third-order valence-electron chi connectivity index (χ3n) is 4.54. The number of methoxy groups -OCH3 is 2. The molecule has 1 heterocycles. The Morgan fingerprint density at radius 1 is 1.03 bits per heavy atom. The standard InChI is InChI=1S/C22H20F3NO4/c1-26(13-15-7-8-17(28-2)12-20(15)29-3)21(27)19-10-9-18(30-19)14-5-4-6-16(11-14)22(23,24)25/h4-12H,13H2,1-3H3. The Hall–Kier alpha value is -3.42. The van der Waals surface area contributed by atoms with Gasteiger partial charge in [0.2, 0.25) is 0 Å². The normalized spacial score (nSPS) is 11.3. The number of benzene rings is 2. The molecule has 0 saturated heterocycles. The molecule has 0 saturated carbocycles. The van der Waals surface area contributed by atoms with Crippen LogP contribution < -0.4 is 9.47 Å². The second kappa shape index (κ2) is 8.52. The lowest BCUT2D eigenvalue weighted by atomic mass is 10.1. The van der Waals surface area contributed by atoms with Gasteiger partial charge < -0.3 is 18.8 Å². The van der Waals surface area contributed by atoms with Gasteiger partial charge in [0, 0.05) is 30.8 Å². The highest BCUT2D eigenvalue weighted by Gasteiger charge is 2.30. The summed E-state index contributed by atoms with van der Waals surface area (Å²) >= 11 is 0. The van der Waals surface area contributed by atoms with Crippen LogP contribution in [0.15, 0.2) is 59.0 Å². The fourth-order valence-electron chi connectivity index (χ4n) is 2.95. The zero-order chi connectivity index (χ0) is 21.9. The van der Waals surface area contributed by atoms with E-state index in [1.54, 1.807) is 32.4 Å². The van der Waals surface area contributed by atoms with Crippen LogP contribution in [0.4, 0.5) is 13.2 Å². The van der Waals surface area contributed by atoms with Crippen LogP contribution in [0.25, 0.3) is 11.3 Å². The molecule has 2 aromatic carbocycles. The van der Waals surface area contributed by atoms with Crippen molar-refractivity contribution < 1.29 is 31.9 Å². The van der Waals surface area contributed by atoms with E-state index < -0.39 is 17.6 Å². The van der Waals surface area contributed by atoms with Crippen molar-refractivity contribution in [1.82, 2.24) is 4.90 Å². The van der Waals surface area contributed by atoms with Gasteiger partial charge in [-0.15, -0.1) is 0 Å². The van der Waals surface area contributed by atoms with Gasteiger partial charge in [-0.25, -0.2) is 0 Å². The van der Waals surface area contributed by atoms with E-state index >= 15 is 0 Å². The van der Waals surface area contributed by atoms with Crippen molar-refractivity contribution in [2.75, 3.05) is 21.3 Å². The van der Waals surface area contributed by atoms with Gasteiger partial charge in [-0.2, -0.15) is 13.2 Å². The Bertz CT molecular complexity index is 1040. The molecule has 0 aliphatic rings. The SMILES string of the molecule is COc1ccc(CN(C)C(=O)c2ccc(-c3cccc(C(F)(F)F)c3)o2)c(OC)c1. The molecule has 0 radical (unpaired) electrons. The number of amides is 1. The molecule has 3 aromatic rings. The summed E-state index contributed by atoms with van der Waals surface area (Å²) < 4.78 is 54.8. The highest BCUT2D eigenvalue weighted by molar-refractivity contribution is 5.92. The lowest BCUT2D eigenvalue weighted by molar-refractivity contribution is -0.137. The third-order valence-corrected chi connectivity index (χ3v) is 4.54. The summed E-state index contributed by atoms with van der Waals surface area (Å²) in [6, 6.07) is 12.9. The van der Waals surface area contributed by atoms with Crippen LogP contribution in [-0.2, 0) is 12.7 Å². The van der Waals surface area contributed by atoms with E-state index in [9.17, 15) is 18.0 Å². The van der Waals surface area contributed by atoms with E-state index in [-0.39, 0.29) is 23.6 Å². The predicted octanol–water partition coefficient (Wildman–Crippen LogP) is 5.25. The van der Waals surface area contributed by atoms with Crippen molar-refractivity contribution in [1.29, 1.82) is 0 Å². The topological polar surface area (TPSA) is 51.9 Å². The Morgan fingerprint density at radius 2 is 1.80 bits per heavy atom. The van der Waals surface area contributed by atoms with Crippen LogP contribution in [0.5, 0.6) is 11.5 Å². The first kappa shape index (κ1) is 21.3. The fourth-order valence-corrected chi connectivity index (χ4v) is 2.95. The molecule has 0 N–H and O–H groups in total. The monoisotopic (exact) mass is 419 g/mol. The summed E-state index contributed by atoms with van der Waals surface area (Å²) in [5.74, 6) is 0.989. The number of furan rings is 1. The average Bonchev–Trinajstić information content (AvgIpc) is 3.23. The van der Waals surface area contributed by atoms with Crippen molar-refractivity contribution in [3.8, 4) is 22.8 Å². The summed E-state index contributed by atoms with van der Waals surface area (Å²) in [5.41, 5.74) is 0.218. The van der Waals surface area contributed by atoms with Gasteiger partial charge in [0.15, 0.2) is 5.76 Å². The van der Waals surface area contributed by atoms with Crippen LogP contribution in [0, 0.1) is 0 Å². The van der Waals surface area contributed by atoms with Crippen LogP contribution in [0.2, 0.25) is 0 Å². The summed E-state index contributed by atoms with van der Waals surface area (Å²) in [6.45, 7) is 0.242. The molecule has 158 valence electrons. The minimum atomic E-state index is -4.46. The van der Waals surface area contributed by atoms with Crippen LogP contribution in [0.1, 0.15) is 21.7 Å². The third kappa shape index (κ3) is 4.59. The minimum Gasteiger partial charge on any atom is -0.497 e. The molecule has 0 aliphatic heterocycles. The second-order valence-corrected chi connectivity index (χ2v) is 6.58. The van der Waals surface area contributed by atoms with Crippen molar-refractivity contribution in [2.45, 2.75) is 12.7 Å². The highest BCUT2D eigenvalue weighted by atomic mass is 19.4. The number of rotatable bonds is 6. The van der Waals surface area contributed by atoms with Crippen molar-refractivity contribution >= 4 is 5.91 Å². The molecule has 0 fully saturated rings. The molecule has 1 amide bonds. The second-order valence-electron chi connectivity index (χ2n) is 6.58. The van der Waals surface area contributed by atoms with Crippen molar-refractivity contribution in [2.24, 2.45) is 0 Å². The van der Waals surface area contributed by atoms with E-state index in [0.29, 0.717) is 11.5 Å². The largest absolute Gasteiger partial charge is 0.497 e. The quantitative estimate of drug-likeness (QED) is 0.547. The van der Waals surface area contributed by atoms with Gasteiger partial charge in [0.05, 0.1) is 19.8 Å². The number of alkyl halides is 3. The minimum absolute atomic E-state index is 0.0254. The van der Waals surface area contributed by atoms with Gasteiger partial charge in [0.1, 0.15) is 17.3 Å². The Morgan fingerprint density at radius 3 is 2.47 bits per heavy atom. The number of hydrogen-bond donors (Lipinski definition) is 0. The highest BCUT2D eigenvalue weighted by Crippen LogP contribution is 2.33. The van der Waals surface area contributed by atoms with E-state index in [4.69, 9.17) is 13.9 Å². The van der Waals surface area contributed by atoms with Crippen LogP contribution in [0.3, 0.4) is 0 Å². The number of carbonyl (C=O) groups is 1. The first-order valence-electron chi connectivity index (χ1n) is 8.96. The van der Waals surface area contributed by atoms with E-state index in [1.165, 1.54) is 36.3 Å². The lowest BCUT2D eigenvalue weighted by Gasteiger charge is -2.18. The molecule has 30 heavy (non-hydrogen) atoms. The molecule has 0 spiro atoms. The number of carbonyl (C=O) groups excluding carboxylic acids is 1. The molecular weight excluding hydrogens is 399 g/mol. The van der Waals surface area contributed by atoms with Gasteiger partial charge >= 0.3 is 6.18 Å². The van der Waals surface area contributed by atoms with E-state index in [1.807, 2.05) is 0 Å². The lowest BCUT2D eigenvalue weighted by Crippen LogP contribution is -2.26. The van der Waals surface area contributed by atoms with Gasteiger partial charge in [-0.3, -0.25) is 4.79 Å². The Labute approximate surface area is 171 Å². The maximum absolute atomic E-state index is 12.9. The Balaban J connectivity index is 1.78. The number of halogens is 3. The zero-order valence-corrected chi connectivity index (χ0v) is 16.6. The molecule has 8 heteroatoms. The smallest absolute Gasteiger partial charge is 0.416 e. The van der Waals surface area contributed by atoms with Crippen molar-refractivity contribution in [3.05, 3.63) is 71.5 Å².